The summed E-state index contributed by atoms with van der Waals surface area (Å²) in [6.45, 7) is 3.95. The van der Waals surface area contributed by atoms with Crippen LogP contribution in [-0.4, -0.2) is 15.3 Å². The summed E-state index contributed by atoms with van der Waals surface area (Å²) in [6.07, 6.45) is 3.78. The lowest BCUT2D eigenvalue weighted by atomic mass is 10.1. The first-order chi connectivity index (χ1) is 11.1. The number of anilines is 1. The molecule has 0 spiro atoms. The molecule has 3 aromatic rings. The van der Waals surface area contributed by atoms with Crippen LogP contribution in [-0.2, 0) is 4.79 Å². The molecule has 0 aliphatic heterocycles. The van der Waals surface area contributed by atoms with E-state index in [0.29, 0.717) is 5.69 Å². The average Bonchev–Trinajstić information content (AvgIpc) is 2.92. The Morgan fingerprint density at radius 1 is 1.30 bits per heavy atom. The molecule has 114 valence electrons. The van der Waals surface area contributed by atoms with Crippen LogP contribution in [0.4, 0.5) is 5.69 Å². The van der Waals surface area contributed by atoms with Crippen LogP contribution < -0.4 is 5.32 Å². The van der Waals surface area contributed by atoms with Gasteiger partial charge in [0.25, 0.3) is 0 Å². The summed E-state index contributed by atoms with van der Waals surface area (Å²) < 4.78 is 1.97. The van der Waals surface area contributed by atoms with E-state index in [2.05, 4.69) is 10.3 Å². The van der Waals surface area contributed by atoms with E-state index in [0.717, 1.165) is 28.0 Å². The minimum Gasteiger partial charge on any atom is -0.325 e. The summed E-state index contributed by atoms with van der Waals surface area (Å²) in [5.74, 6) is -0.307. The molecule has 2 aromatic heterocycles. The normalized spacial score (nSPS) is 10.5. The molecule has 0 aliphatic rings. The molecule has 1 aromatic carbocycles. The second kappa shape index (κ2) is 5.93. The average molecular weight is 304 g/mol. The molecule has 1 N–H and O–H groups in total. The third-order valence-electron chi connectivity index (χ3n) is 3.66. The number of nitriles is 1. The van der Waals surface area contributed by atoms with Crippen LogP contribution in [0.2, 0.25) is 0 Å². The number of carbonyl (C=O) groups is 1. The number of carbonyl (C=O) groups excluding carboxylic acids is 1. The van der Waals surface area contributed by atoms with Crippen molar-refractivity contribution in [2.24, 2.45) is 0 Å². The van der Waals surface area contributed by atoms with Crippen LogP contribution in [0.5, 0.6) is 0 Å². The number of pyridine rings is 1. The van der Waals surface area contributed by atoms with Crippen molar-refractivity contribution in [2.45, 2.75) is 20.3 Å². The van der Waals surface area contributed by atoms with E-state index in [1.54, 1.807) is 0 Å². The monoisotopic (exact) mass is 304 g/mol. The van der Waals surface area contributed by atoms with Gasteiger partial charge in [0.2, 0.25) is 5.91 Å². The Kier molecular flexibility index (Phi) is 3.82. The smallest absolute Gasteiger partial charge is 0.238 e. The first-order valence-electron chi connectivity index (χ1n) is 7.30. The summed E-state index contributed by atoms with van der Waals surface area (Å²) >= 11 is 0. The molecular weight excluding hydrogens is 288 g/mol. The van der Waals surface area contributed by atoms with E-state index < -0.39 is 0 Å². The SMILES string of the molecule is Cc1ccn2cc(-c3ccc(C)c(NC(=O)CC#N)c3)nc2c1. The Morgan fingerprint density at radius 3 is 2.91 bits per heavy atom. The first kappa shape index (κ1) is 14.8. The fourth-order valence-corrected chi connectivity index (χ4v) is 2.41. The Bertz CT molecular complexity index is 934. The third-order valence-corrected chi connectivity index (χ3v) is 3.66. The van der Waals surface area contributed by atoms with Gasteiger partial charge in [0.05, 0.1) is 11.8 Å². The Morgan fingerprint density at radius 2 is 2.13 bits per heavy atom. The highest BCUT2D eigenvalue weighted by Crippen LogP contribution is 2.25. The summed E-state index contributed by atoms with van der Waals surface area (Å²) in [5.41, 5.74) is 5.45. The molecule has 0 aliphatic carbocycles. The van der Waals surface area contributed by atoms with Crippen LogP contribution in [0.3, 0.4) is 0 Å². The van der Waals surface area contributed by atoms with Crippen LogP contribution in [0.15, 0.2) is 42.7 Å². The van der Waals surface area contributed by atoms with Crippen molar-refractivity contribution in [3.05, 3.63) is 53.9 Å². The van der Waals surface area contributed by atoms with Crippen LogP contribution in [0, 0.1) is 25.2 Å². The number of nitrogens with one attached hydrogen (secondary N) is 1. The lowest BCUT2D eigenvalue weighted by molar-refractivity contribution is -0.115. The third kappa shape index (κ3) is 3.06. The summed E-state index contributed by atoms with van der Waals surface area (Å²) in [7, 11) is 0. The number of benzene rings is 1. The highest BCUT2D eigenvalue weighted by atomic mass is 16.1. The van der Waals surface area contributed by atoms with Gasteiger partial charge in [-0.2, -0.15) is 5.26 Å². The van der Waals surface area contributed by atoms with Crippen molar-refractivity contribution >= 4 is 17.2 Å². The summed E-state index contributed by atoms with van der Waals surface area (Å²) in [6, 6.07) is 11.7. The second-order valence-corrected chi connectivity index (χ2v) is 5.51. The summed E-state index contributed by atoms with van der Waals surface area (Å²) in [5, 5.41) is 11.4. The van der Waals surface area contributed by atoms with Gasteiger partial charge in [-0.05, 0) is 43.2 Å². The van der Waals surface area contributed by atoms with Crippen molar-refractivity contribution in [3.8, 4) is 17.3 Å². The van der Waals surface area contributed by atoms with Crippen molar-refractivity contribution in [1.29, 1.82) is 5.26 Å². The standard InChI is InChI=1S/C18H16N4O/c1-12-6-8-22-11-16(20-17(22)9-12)14-4-3-13(2)15(10-14)21-18(23)5-7-19/h3-4,6,8-11H,5H2,1-2H3,(H,21,23). The number of hydrogen-bond donors (Lipinski definition) is 1. The molecule has 0 saturated heterocycles. The largest absolute Gasteiger partial charge is 0.325 e. The molecule has 0 fully saturated rings. The van der Waals surface area contributed by atoms with Gasteiger partial charge in [0, 0.05) is 23.6 Å². The predicted molar refractivity (Wildman–Crippen MR) is 89.0 cm³/mol. The number of aromatic nitrogens is 2. The highest BCUT2D eigenvalue weighted by molar-refractivity contribution is 5.93. The van der Waals surface area contributed by atoms with Gasteiger partial charge in [0.15, 0.2) is 0 Å². The van der Waals surface area contributed by atoms with Gasteiger partial charge < -0.3 is 9.72 Å². The molecule has 0 radical (unpaired) electrons. The summed E-state index contributed by atoms with van der Waals surface area (Å²) in [4.78, 5) is 16.3. The molecule has 0 unspecified atom stereocenters. The van der Waals surface area contributed by atoms with Crippen molar-refractivity contribution in [1.82, 2.24) is 9.38 Å². The molecule has 5 nitrogen and oxygen atoms in total. The molecule has 2 heterocycles. The zero-order valence-corrected chi connectivity index (χ0v) is 13.0. The molecule has 0 bridgehead atoms. The topological polar surface area (TPSA) is 70.2 Å². The van der Waals surface area contributed by atoms with Crippen molar-refractivity contribution < 1.29 is 4.79 Å². The molecule has 5 heteroatoms. The van der Waals surface area contributed by atoms with E-state index >= 15 is 0 Å². The molecule has 1 amide bonds. The predicted octanol–water partition coefficient (Wildman–Crippen LogP) is 3.47. The number of hydrogen-bond acceptors (Lipinski definition) is 3. The fourth-order valence-electron chi connectivity index (χ4n) is 2.41. The van der Waals surface area contributed by atoms with E-state index in [4.69, 9.17) is 5.26 Å². The zero-order valence-electron chi connectivity index (χ0n) is 13.0. The van der Waals surface area contributed by atoms with E-state index in [1.165, 1.54) is 0 Å². The fraction of sp³-hybridized carbons (Fsp3) is 0.167. The Hall–Kier alpha value is -3.13. The lowest BCUT2D eigenvalue weighted by Crippen LogP contribution is -2.11. The van der Waals surface area contributed by atoms with Gasteiger partial charge in [-0.15, -0.1) is 0 Å². The van der Waals surface area contributed by atoms with Gasteiger partial charge in [-0.3, -0.25) is 4.79 Å². The molecular formula is C18H16N4O. The number of amides is 1. The molecule has 0 saturated carbocycles. The maximum absolute atomic E-state index is 11.6. The first-order valence-corrected chi connectivity index (χ1v) is 7.30. The molecule has 0 atom stereocenters. The quantitative estimate of drug-likeness (QED) is 0.805. The maximum Gasteiger partial charge on any atom is 0.238 e. The van der Waals surface area contributed by atoms with Gasteiger partial charge in [-0.1, -0.05) is 12.1 Å². The molecule has 23 heavy (non-hydrogen) atoms. The molecule has 3 rings (SSSR count). The maximum atomic E-state index is 11.6. The minimum absolute atomic E-state index is 0.155. The number of aryl methyl sites for hydroxylation is 2. The van der Waals surface area contributed by atoms with Crippen LogP contribution in [0.25, 0.3) is 16.9 Å². The van der Waals surface area contributed by atoms with Crippen LogP contribution >= 0.6 is 0 Å². The number of nitrogens with zero attached hydrogens (tertiary/aromatic N) is 3. The zero-order chi connectivity index (χ0) is 16.4. The van der Waals surface area contributed by atoms with E-state index in [9.17, 15) is 4.79 Å². The second-order valence-electron chi connectivity index (χ2n) is 5.51. The van der Waals surface area contributed by atoms with Gasteiger partial charge in [0.1, 0.15) is 12.1 Å². The number of fused-ring (bicyclic) bond motifs is 1. The number of imidazole rings is 1. The van der Waals surface area contributed by atoms with Gasteiger partial charge in [-0.25, -0.2) is 4.98 Å². The van der Waals surface area contributed by atoms with Gasteiger partial charge >= 0.3 is 0 Å². The minimum atomic E-state index is -0.307. The van der Waals surface area contributed by atoms with E-state index in [-0.39, 0.29) is 12.3 Å². The Labute approximate surface area is 134 Å². The van der Waals surface area contributed by atoms with Crippen LogP contribution in [0.1, 0.15) is 17.5 Å². The van der Waals surface area contributed by atoms with Crippen molar-refractivity contribution in [3.63, 3.8) is 0 Å². The number of rotatable bonds is 3. The Balaban J connectivity index is 1.98. The lowest BCUT2D eigenvalue weighted by Gasteiger charge is -2.08. The van der Waals surface area contributed by atoms with E-state index in [1.807, 2.05) is 67.0 Å². The van der Waals surface area contributed by atoms with Crippen molar-refractivity contribution in [2.75, 3.05) is 5.32 Å². The highest BCUT2D eigenvalue weighted by Gasteiger charge is 2.09.